The quantitative estimate of drug-likeness (QED) is 0.441. The van der Waals surface area contributed by atoms with E-state index in [9.17, 15) is 19.2 Å². The van der Waals surface area contributed by atoms with Crippen LogP contribution in [0, 0.1) is 6.92 Å². The van der Waals surface area contributed by atoms with Crippen molar-refractivity contribution in [2.24, 2.45) is 0 Å². The van der Waals surface area contributed by atoms with Gasteiger partial charge < -0.3 is 9.64 Å². The van der Waals surface area contributed by atoms with Gasteiger partial charge in [0.1, 0.15) is 0 Å². The largest absolute Gasteiger partial charge is 0.452 e. The normalized spacial score (nSPS) is 16.5. The van der Waals surface area contributed by atoms with Crippen LogP contribution in [0.3, 0.4) is 0 Å². The van der Waals surface area contributed by atoms with Gasteiger partial charge in [0.15, 0.2) is 6.61 Å². The Morgan fingerprint density at radius 3 is 2.35 bits per heavy atom. The second-order valence-electron chi connectivity index (χ2n) is 8.51. The SMILES string of the molecule is Cc1ccccc1N1C(=O)c2ccc(C(=O)OCC(=O)N3c4ccccc4C[C@@H]3C)cc2C1=O. The molecule has 0 spiro atoms. The molecule has 0 aliphatic carbocycles. The molecule has 0 saturated carbocycles. The monoisotopic (exact) mass is 454 g/mol. The molecule has 34 heavy (non-hydrogen) atoms. The van der Waals surface area contributed by atoms with E-state index in [1.165, 1.54) is 18.2 Å². The molecule has 3 aromatic rings. The number of carbonyl (C=O) groups excluding carboxylic acids is 4. The van der Waals surface area contributed by atoms with Crippen LogP contribution in [0.15, 0.2) is 66.7 Å². The van der Waals surface area contributed by atoms with E-state index >= 15 is 0 Å². The molecule has 0 N–H and O–H groups in total. The van der Waals surface area contributed by atoms with Gasteiger partial charge in [-0.1, -0.05) is 36.4 Å². The van der Waals surface area contributed by atoms with Crippen LogP contribution in [0.25, 0.3) is 0 Å². The molecule has 0 unspecified atom stereocenters. The zero-order valence-electron chi connectivity index (χ0n) is 18.8. The fourth-order valence-electron chi connectivity index (χ4n) is 4.63. The molecule has 0 saturated heterocycles. The fourth-order valence-corrected chi connectivity index (χ4v) is 4.63. The predicted molar refractivity (Wildman–Crippen MR) is 126 cm³/mol. The van der Waals surface area contributed by atoms with Crippen LogP contribution in [0.1, 0.15) is 49.1 Å². The molecule has 2 aliphatic rings. The van der Waals surface area contributed by atoms with Crippen molar-refractivity contribution < 1.29 is 23.9 Å². The van der Waals surface area contributed by atoms with Crippen LogP contribution in [0.5, 0.6) is 0 Å². The zero-order valence-corrected chi connectivity index (χ0v) is 18.8. The van der Waals surface area contributed by atoms with Crippen molar-refractivity contribution in [2.75, 3.05) is 16.4 Å². The molecule has 1 atom stereocenters. The lowest BCUT2D eigenvalue weighted by Gasteiger charge is -2.22. The van der Waals surface area contributed by atoms with E-state index in [0.29, 0.717) is 5.69 Å². The molecule has 7 nitrogen and oxygen atoms in total. The van der Waals surface area contributed by atoms with E-state index in [2.05, 4.69) is 0 Å². The van der Waals surface area contributed by atoms with E-state index < -0.39 is 24.4 Å². The lowest BCUT2D eigenvalue weighted by Crippen LogP contribution is -2.38. The molecule has 0 aromatic heterocycles. The number of carbonyl (C=O) groups is 4. The number of rotatable bonds is 4. The van der Waals surface area contributed by atoms with Crippen LogP contribution in [-0.2, 0) is 16.0 Å². The predicted octanol–water partition coefficient (Wildman–Crippen LogP) is 3.93. The number of hydrogen-bond acceptors (Lipinski definition) is 5. The van der Waals surface area contributed by atoms with E-state index in [-0.39, 0.29) is 28.6 Å². The number of fused-ring (bicyclic) bond motifs is 2. The van der Waals surface area contributed by atoms with Crippen molar-refractivity contribution in [2.45, 2.75) is 26.3 Å². The smallest absolute Gasteiger partial charge is 0.338 e. The third kappa shape index (κ3) is 3.46. The minimum atomic E-state index is -0.731. The third-order valence-electron chi connectivity index (χ3n) is 6.28. The Hall–Kier alpha value is -4.26. The molecule has 0 radical (unpaired) electrons. The number of aryl methyl sites for hydroxylation is 1. The van der Waals surface area contributed by atoms with Gasteiger partial charge in [-0.05, 0) is 61.7 Å². The highest BCUT2D eigenvalue weighted by Gasteiger charge is 2.38. The highest BCUT2D eigenvalue weighted by atomic mass is 16.5. The summed E-state index contributed by atoms with van der Waals surface area (Å²) in [5, 5.41) is 0. The van der Waals surface area contributed by atoms with Gasteiger partial charge in [-0.15, -0.1) is 0 Å². The molecule has 2 heterocycles. The summed E-state index contributed by atoms with van der Waals surface area (Å²) in [5.41, 5.74) is 3.66. The Morgan fingerprint density at radius 2 is 1.59 bits per heavy atom. The van der Waals surface area contributed by atoms with Crippen molar-refractivity contribution in [3.63, 3.8) is 0 Å². The average molecular weight is 454 g/mol. The van der Waals surface area contributed by atoms with Crippen LogP contribution in [-0.4, -0.2) is 36.3 Å². The number of esters is 1. The van der Waals surface area contributed by atoms with E-state index in [1.54, 1.807) is 17.0 Å². The van der Waals surface area contributed by atoms with Crippen molar-refractivity contribution in [1.82, 2.24) is 0 Å². The summed E-state index contributed by atoms with van der Waals surface area (Å²) in [6, 6.07) is 19.0. The highest BCUT2D eigenvalue weighted by molar-refractivity contribution is 6.35. The van der Waals surface area contributed by atoms with Crippen molar-refractivity contribution in [3.05, 3.63) is 94.5 Å². The Bertz CT molecular complexity index is 1360. The topological polar surface area (TPSA) is 84.0 Å². The summed E-state index contributed by atoms with van der Waals surface area (Å²) in [6.45, 7) is 3.35. The maximum absolute atomic E-state index is 13.0. The lowest BCUT2D eigenvalue weighted by atomic mass is 10.1. The van der Waals surface area contributed by atoms with Crippen LogP contribution < -0.4 is 9.80 Å². The van der Waals surface area contributed by atoms with E-state index in [4.69, 9.17) is 4.74 Å². The van der Waals surface area contributed by atoms with E-state index in [0.717, 1.165) is 28.1 Å². The van der Waals surface area contributed by atoms with Gasteiger partial charge in [0.25, 0.3) is 17.7 Å². The van der Waals surface area contributed by atoms with E-state index in [1.807, 2.05) is 50.2 Å². The number of hydrogen-bond donors (Lipinski definition) is 0. The standard InChI is InChI=1S/C27H22N2O5/c1-16-7-3-5-9-22(16)29-25(31)20-12-11-19(14-21(20)26(29)32)27(33)34-15-24(30)28-17(2)13-18-8-4-6-10-23(18)28/h3-12,14,17H,13,15H2,1-2H3/t17-/m0/s1. The molecule has 3 amide bonds. The fraction of sp³-hybridized carbons (Fsp3) is 0.185. The second kappa shape index (κ2) is 8.26. The number of amides is 3. The summed E-state index contributed by atoms with van der Waals surface area (Å²) >= 11 is 0. The molecule has 0 bridgehead atoms. The average Bonchev–Trinajstić information content (AvgIpc) is 3.30. The zero-order chi connectivity index (χ0) is 24.0. The maximum atomic E-state index is 13.0. The Labute approximate surface area is 196 Å². The van der Waals surface area contributed by atoms with Crippen LogP contribution >= 0.6 is 0 Å². The molecule has 0 fully saturated rings. The first-order chi connectivity index (χ1) is 16.4. The number of benzene rings is 3. The highest BCUT2D eigenvalue weighted by Crippen LogP contribution is 2.33. The van der Waals surface area contributed by atoms with Crippen LogP contribution in [0.2, 0.25) is 0 Å². The first-order valence-electron chi connectivity index (χ1n) is 11.0. The molecular weight excluding hydrogens is 432 g/mol. The second-order valence-corrected chi connectivity index (χ2v) is 8.51. The summed E-state index contributed by atoms with van der Waals surface area (Å²) in [6.07, 6.45) is 0.744. The number of ether oxygens (including phenoxy) is 1. The molecule has 5 rings (SSSR count). The Kier molecular flexibility index (Phi) is 5.24. The van der Waals surface area contributed by atoms with Gasteiger partial charge in [-0.3, -0.25) is 14.4 Å². The lowest BCUT2D eigenvalue weighted by molar-refractivity contribution is -0.122. The van der Waals surface area contributed by atoms with Crippen LogP contribution in [0.4, 0.5) is 11.4 Å². The molecular formula is C27H22N2O5. The first-order valence-corrected chi connectivity index (χ1v) is 11.0. The van der Waals surface area contributed by atoms with Gasteiger partial charge in [0.05, 0.1) is 22.4 Å². The van der Waals surface area contributed by atoms with Crippen molar-refractivity contribution >= 4 is 35.1 Å². The van der Waals surface area contributed by atoms with Gasteiger partial charge in [0, 0.05) is 11.7 Å². The maximum Gasteiger partial charge on any atom is 0.338 e. The summed E-state index contributed by atoms with van der Waals surface area (Å²) < 4.78 is 5.28. The Balaban J connectivity index is 1.32. The third-order valence-corrected chi connectivity index (χ3v) is 6.28. The molecule has 170 valence electrons. The van der Waals surface area contributed by atoms with Gasteiger partial charge in [-0.2, -0.15) is 0 Å². The number of imide groups is 1. The van der Waals surface area contributed by atoms with Gasteiger partial charge in [-0.25, -0.2) is 9.69 Å². The minimum Gasteiger partial charge on any atom is -0.452 e. The molecule has 2 aliphatic heterocycles. The Morgan fingerprint density at radius 1 is 0.912 bits per heavy atom. The minimum absolute atomic E-state index is 0.0281. The number of anilines is 2. The van der Waals surface area contributed by atoms with Crippen molar-refractivity contribution in [1.29, 1.82) is 0 Å². The first kappa shape index (κ1) is 21.6. The molecule has 3 aromatic carbocycles. The van der Waals surface area contributed by atoms with Gasteiger partial charge >= 0.3 is 5.97 Å². The summed E-state index contributed by atoms with van der Waals surface area (Å²) in [5.74, 6) is -1.98. The number of nitrogens with zero attached hydrogens (tertiary/aromatic N) is 2. The van der Waals surface area contributed by atoms with Gasteiger partial charge in [0.2, 0.25) is 0 Å². The van der Waals surface area contributed by atoms with Crippen molar-refractivity contribution in [3.8, 4) is 0 Å². The summed E-state index contributed by atoms with van der Waals surface area (Å²) in [4.78, 5) is 54.1. The number of para-hydroxylation sites is 2. The summed E-state index contributed by atoms with van der Waals surface area (Å²) in [7, 11) is 0. The molecule has 7 heteroatoms.